The lowest BCUT2D eigenvalue weighted by Gasteiger charge is -2.50. The summed E-state index contributed by atoms with van der Waals surface area (Å²) in [4.78, 5) is 15.1. The Bertz CT molecular complexity index is 849. The van der Waals surface area contributed by atoms with Gasteiger partial charge in [0, 0.05) is 49.2 Å². The zero-order valence-corrected chi connectivity index (χ0v) is 19.8. The van der Waals surface area contributed by atoms with Gasteiger partial charge >= 0.3 is 5.97 Å². The molecule has 4 fully saturated rings. The van der Waals surface area contributed by atoms with Crippen LogP contribution in [0.2, 0.25) is 0 Å². The van der Waals surface area contributed by atoms with E-state index in [2.05, 4.69) is 17.0 Å². The van der Waals surface area contributed by atoms with Crippen molar-refractivity contribution in [2.24, 2.45) is 11.8 Å². The van der Waals surface area contributed by atoms with Gasteiger partial charge in [-0.3, -0.25) is 0 Å². The number of hydrogen-bond donors (Lipinski definition) is 0. The summed E-state index contributed by atoms with van der Waals surface area (Å²) in [6.07, 6.45) is 9.13. The molecular weight excluding hydrogens is 418 g/mol. The van der Waals surface area contributed by atoms with E-state index in [1.165, 1.54) is 24.1 Å². The molecule has 0 N–H and O–H groups in total. The van der Waals surface area contributed by atoms with Gasteiger partial charge in [0.15, 0.2) is 5.79 Å². The summed E-state index contributed by atoms with van der Waals surface area (Å²) in [5.41, 5.74) is 2.42. The Morgan fingerprint density at radius 1 is 1.21 bits per heavy atom. The number of carbonyl (C=O) groups is 1. The summed E-state index contributed by atoms with van der Waals surface area (Å²) in [6, 6.07) is 10.3. The number of piperidine rings is 1. The van der Waals surface area contributed by atoms with Crippen LogP contribution in [0.4, 0.5) is 0 Å². The van der Waals surface area contributed by atoms with Crippen molar-refractivity contribution in [2.75, 3.05) is 33.0 Å². The van der Waals surface area contributed by atoms with Gasteiger partial charge in [-0.1, -0.05) is 36.8 Å². The van der Waals surface area contributed by atoms with E-state index in [1.54, 1.807) is 6.08 Å². The number of hydrogen-bond acceptors (Lipinski definition) is 6. The number of esters is 1. The third kappa shape index (κ3) is 4.45. The predicted octanol–water partition coefficient (Wildman–Crippen LogP) is 4.44. The van der Waals surface area contributed by atoms with Gasteiger partial charge in [0.2, 0.25) is 0 Å². The Morgan fingerprint density at radius 2 is 2.03 bits per heavy atom. The van der Waals surface area contributed by atoms with E-state index in [-0.39, 0.29) is 11.5 Å². The van der Waals surface area contributed by atoms with Crippen molar-refractivity contribution in [2.45, 2.75) is 69.8 Å². The van der Waals surface area contributed by atoms with E-state index >= 15 is 0 Å². The molecule has 0 bridgehead atoms. The fraction of sp³-hybridized carbons (Fsp3) is 0.667. The van der Waals surface area contributed by atoms with E-state index in [4.69, 9.17) is 18.9 Å². The molecule has 6 heteroatoms. The second-order valence-electron chi connectivity index (χ2n) is 9.90. The molecule has 33 heavy (non-hydrogen) atoms. The molecule has 3 aliphatic heterocycles. The smallest absolute Gasteiger partial charge is 0.332 e. The summed E-state index contributed by atoms with van der Waals surface area (Å²) in [7, 11) is 0. The number of allylic oxidation sites excluding steroid dienone is 1. The minimum Gasteiger partial charge on any atom is -0.463 e. The lowest BCUT2D eigenvalue weighted by molar-refractivity contribution is -0.209. The van der Waals surface area contributed by atoms with Crippen molar-refractivity contribution >= 4 is 5.97 Å². The van der Waals surface area contributed by atoms with Gasteiger partial charge in [0.25, 0.3) is 0 Å². The van der Waals surface area contributed by atoms with Gasteiger partial charge in [-0.2, -0.15) is 0 Å². The van der Waals surface area contributed by atoms with Crippen molar-refractivity contribution in [1.29, 1.82) is 0 Å². The monoisotopic (exact) mass is 455 g/mol. The quantitative estimate of drug-likeness (QED) is 0.328. The second-order valence-corrected chi connectivity index (χ2v) is 9.90. The molecule has 2 spiro atoms. The van der Waals surface area contributed by atoms with Crippen LogP contribution in [0.1, 0.15) is 57.4 Å². The van der Waals surface area contributed by atoms with Gasteiger partial charge in [0.05, 0.1) is 26.4 Å². The molecule has 6 nitrogen and oxygen atoms in total. The van der Waals surface area contributed by atoms with Gasteiger partial charge < -0.3 is 23.8 Å². The predicted molar refractivity (Wildman–Crippen MR) is 124 cm³/mol. The van der Waals surface area contributed by atoms with Crippen LogP contribution in [0, 0.1) is 11.8 Å². The Kier molecular flexibility index (Phi) is 6.77. The Morgan fingerprint density at radius 3 is 2.82 bits per heavy atom. The van der Waals surface area contributed by atoms with E-state index in [9.17, 15) is 4.79 Å². The Balaban J connectivity index is 1.31. The van der Waals surface area contributed by atoms with Crippen LogP contribution in [-0.2, 0) is 30.3 Å². The fourth-order valence-electron chi connectivity index (χ4n) is 6.91. The van der Waals surface area contributed by atoms with Crippen LogP contribution in [-0.4, -0.2) is 55.2 Å². The van der Waals surface area contributed by atoms with Crippen LogP contribution >= 0.6 is 0 Å². The van der Waals surface area contributed by atoms with Crippen molar-refractivity contribution in [3.8, 4) is 0 Å². The highest BCUT2D eigenvalue weighted by Crippen LogP contribution is 2.61. The number of nitrogens with zero attached hydrogens (tertiary/aromatic N) is 1. The molecule has 0 aromatic heterocycles. The van der Waals surface area contributed by atoms with Gasteiger partial charge in [-0.15, -0.1) is 0 Å². The molecule has 180 valence electrons. The molecule has 3 saturated heterocycles. The first kappa shape index (κ1) is 22.9. The standard InChI is InChI=1S/C27H37NO5/c1-2-31-25(29)18-24-22(10-7-15-30-19-21-8-4-3-5-9-21)23-11-6-12-26(23)20-27(13-14-28(24)26)32-16-17-33-27/h3-5,8-9,18,22-23H,2,6-7,10-17,19-20H2,1H3/b24-18-/t22?,23-,26+/m1/s1. The first-order valence-corrected chi connectivity index (χ1v) is 12.7. The lowest BCUT2D eigenvalue weighted by Crippen LogP contribution is -2.57. The molecule has 3 atom stereocenters. The first-order chi connectivity index (χ1) is 16.2. The second kappa shape index (κ2) is 9.77. The molecule has 1 saturated carbocycles. The van der Waals surface area contributed by atoms with Gasteiger partial charge in [-0.05, 0) is 44.1 Å². The van der Waals surface area contributed by atoms with Crippen molar-refractivity contribution in [3.05, 3.63) is 47.7 Å². The highest BCUT2D eigenvalue weighted by molar-refractivity contribution is 5.83. The highest BCUT2D eigenvalue weighted by Gasteiger charge is 2.63. The highest BCUT2D eigenvalue weighted by atomic mass is 16.7. The molecule has 4 aliphatic rings. The molecule has 1 unspecified atom stereocenters. The largest absolute Gasteiger partial charge is 0.463 e. The Hall–Kier alpha value is -1.89. The summed E-state index contributed by atoms with van der Waals surface area (Å²) in [6.45, 7) is 5.90. The molecule has 1 aromatic carbocycles. The van der Waals surface area contributed by atoms with Crippen molar-refractivity contribution < 1.29 is 23.7 Å². The summed E-state index contributed by atoms with van der Waals surface area (Å²) < 4.78 is 23.6. The van der Waals surface area contributed by atoms with E-state index in [1.807, 2.05) is 25.1 Å². The summed E-state index contributed by atoms with van der Waals surface area (Å²) >= 11 is 0. The maximum atomic E-state index is 12.5. The molecule has 5 rings (SSSR count). The molecular formula is C27H37NO5. The Labute approximate surface area is 197 Å². The minimum absolute atomic E-state index is 0.0382. The topological polar surface area (TPSA) is 57.2 Å². The van der Waals surface area contributed by atoms with Crippen molar-refractivity contribution in [3.63, 3.8) is 0 Å². The molecule has 0 amide bonds. The van der Waals surface area contributed by atoms with Crippen LogP contribution in [0.25, 0.3) is 0 Å². The maximum absolute atomic E-state index is 12.5. The fourth-order valence-corrected chi connectivity index (χ4v) is 6.91. The number of rotatable bonds is 8. The molecule has 3 heterocycles. The SMILES string of the molecule is CCOC(=O)/C=C1/C(CCCOCc2ccccc2)[C@H]2CCC[C@]23CC2(CCN13)OCCO2. The first-order valence-electron chi connectivity index (χ1n) is 12.7. The van der Waals surface area contributed by atoms with Gasteiger partial charge in [-0.25, -0.2) is 4.79 Å². The van der Waals surface area contributed by atoms with Gasteiger partial charge in [0.1, 0.15) is 0 Å². The number of benzene rings is 1. The zero-order valence-electron chi connectivity index (χ0n) is 19.8. The summed E-state index contributed by atoms with van der Waals surface area (Å²) in [5.74, 6) is 0.231. The minimum atomic E-state index is -0.429. The lowest BCUT2D eigenvalue weighted by atomic mass is 9.74. The van der Waals surface area contributed by atoms with E-state index in [0.29, 0.717) is 38.3 Å². The molecule has 1 aromatic rings. The third-order valence-corrected chi connectivity index (χ3v) is 8.10. The maximum Gasteiger partial charge on any atom is 0.332 e. The average molecular weight is 456 g/mol. The van der Waals surface area contributed by atoms with Crippen LogP contribution < -0.4 is 0 Å². The molecule has 0 radical (unpaired) electrons. The normalized spacial score (nSPS) is 31.2. The van der Waals surface area contributed by atoms with Crippen LogP contribution in [0.3, 0.4) is 0 Å². The van der Waals surface area contributed by atoms with Crippen LogP contribution in [0.5, 0.6) is 0 Å². The van der Waals surface area contributed by atoms with E-state index in [0.717, 1.165) is 45.3 Å². The molecule has 1 aliphatic carbocycles. The third-order valence-electron chi connectivity index (χ3n) is 8.10. The number of carbonyl (C=O) groups excluding carboxylic acids is 1. The van der Waals surface area contributed by atoms with Crippen molar-refractivity contribution in [1.82, 2.24) is 4.90 Å². The average Bonchev–Trinajstić information content (AvgIpc) is 3.49. The zero-order chi connectivity index (χ0) is 22.7. The van der Waals surface area contributed by atoms with Crippen LogP contribution in [0.15, 0.2) is 42.1 Å². The summed E-state index contributed by atoms with van der Waals surface area (Å²) in [5, 5.41) is 0. The number of ether oxygens (including phenoxy) is 4. The van der Waals surface area contributed by atoms with E-state index < -0.39 is 5.79 Å².